The molecule has 0 fully saturated rings. The first-order valence-corrected chi connectivity index (χ1v) is 9.04. The first-order valence-electron chi connectivity index (χ1n) is 9.04. The lowest BCUT2D eigenvalue weighted by Crippen LogP contribution is -2.21. The first kappa shape index (κ1) is 18.5. The Kier molecular flexibility index (Phi) is 5.76. The molecule has 3 aromatic rings. The lowest BCUT2D eigenvalue weighted by Gasteiger charge is -2.22. The Labute approximate surface area is 159 Å². The van der Waals surface area contributed by atoms with E-state index < -0.39 is 0 Å². The van der Waals surface area contributed by atoms with Crippen molar-refractivity contribution in [2.75, 3.05) is 28.6 Å². The molecule has 0 unspecified atom stereocenters. The van der Waals surface area contributed by atoms with E-state index in [9.17, 15) is 4.79 Å². The number of hydrogen-bond acceptors (Lipinski definition) is 5. The number of anilines is 4. The molecule has 0 aliphatic heterocycles. The standard InChI is InChI=1S/C21H24N4O2/c1-4-25(5-2)17-9-10-18(15(3)13-17)24-20-11-8-16(14-22-20)23-21(26)19-7-6-12-27-19/h6-14H,4-5H2,1-3H3,(H,22,24)(H,23,26). The summed E-state index contributed by atoms with van der Waals surface area (Å²) in [6.45, 7) is 8.35. The Hall–Kier alpha value is -3.28. The maximum Gasteiger partial charge on any atom is 0.291 e. The molecule has 6 heteroatoms. The minimum atomic E-state index is -0.301. The number of nitrogens with zero attached hydrogens (tertiary/aromatic N) is 2. The largest absolute Gasteiger partial charge is 0.459 e. The third-order valence-electron chi connectivity index (χ3n) is 4.37. The van der Waals surface area contributed by atoms with Crippen LogP contribution >= 0.6 is 0 Å². The smallest absolute Gasteiger partial charge is 0.291 e. The highest BCUT2D eigenvalue weighted by molar-refractivity contribution is 6.02. The van der Waals surface area contributed by atoms with E-state index in [4.69, 9.17) is 4.42 Å². The highest BCUT2D eigenvalue weighted by Gasteiger charge is 2.09. The Morgan fingerprint density at radius 3 is 2.56 bits per heavy atom. The van der Waals surface area contributed by atoms with E-state index in [0.717, 1.165) is 24.3 Å². The molecule has 0 atom stereocenters. The second kappa shape index (κ2) is 8.40. The summed E-state index contributed by atoms with van der Waals surface area (Å²) >= 11 is 0. The zero-order valence-electron chi connectivity index (χ0n) is 15.8. The quantitative estimate of drug-likeness (QED) is 0.629. The number of pyridine rings is 1. The Morgan fingerprint density at radius 2 is 1.96 bits per heavy atom. The van der Waals surface area contributed by atoms with Crippen LogP contribution in [0.25, 0.3) is 0 Å². The molecular formula is C21H24N4O2. The average Bonchev–Trinajstić information content (AvgIpc) is 3.21. The van der Waals surface area contributed by atoms with Gasteiger partial charge in [-0.15, -0.1) is 0 Å². The second-order valence-electron chi connectivity index (χ2n) is 6.16. The van der Waals surface area contributed by atoms with Crippen molar-refractivity contribution in [2.24, 2.45) is 0 Å². The number of carbonyl (C=O) groups excluding carboxylic acids is 1. The van der Waals surface area contributed by atoms with Gasteiger partial charge in [0.15, 0.2) is 5.76 Å². The number of nitrogens with one attached hydrogen (secondary N) is 2. The summed E-state index contributed by atoms with van der Waals surface area (Å²) in [5.74, 6) is 0.677. The number of benzene rings is 1. The Morgan fingerprint density at radius 1 is 1.15 bits per heavy atom. The lowest BCUT2D eigenvalue weighted by atomic mass is 10.1. The maximum absolute atomic E-state index is 12.0. The summed E-state index contributed by atoms with van der Waals surface area (Å²) in [6, 6.07) is 13.3. The van der Waals surface area contributed by atoms with E-state index >= 15 is 0 Å². The van der Waals surface area contributed by atoms with Crippen LogP contribution < -0.4 is 15.5 Å². The topological polar surface area (TPSA) is 70.4 Å². The number of aryl methyl sites for hydroxylation is 1. The highest BCUT2D eigenvalue weighted by atomic mass is 16.3. The SMILES string of the molecule is CCN(CC)c1ccc(Nc2ccc(NC(=O)c3ccco3)cn2)c(C)c1. The van der Waals surface area contributed by atoms with E-state index in [1.807, 2.05) is 6.07 Å². The van der Waals surface area contributed by atoms with Crippen molar-refractivity contribution in [1.29, 1.82) is 0 Å². The molecule has 0 aliphatic rings. The molecule has 1 aromatic carbocycles. The molecule has 0 bridgehead atoms. The summed E-state index contributed by atoms with van der Waals surface area (Å²) in [5.41, 5.74) is 3.98. The van der Waals surface area contributed by atoms with Gasteiger partial charge in [0.2, 0.25) is 0 Å². The van der Waals surface area contributed by atoms with E-state index in [2.05, 4.69) is 59.5 Å². The minimum absolute atomic E-state index is 0.265. The maximum atomic E-state index is 12.0. The van der Waals surface area contributed by atoms with Crippen LogP contribution in [0.1, 0.15) is 30.0 Å². The molecule has 1 amide bonds. The summed E-state index contributed by atoms with van der Waals surface area (Å²) in [5, 5.41) is 6.07. The van der Waals surface area contributed by atoms with Crippen LogP contribution in [0.15, 0.2) is 59.3 Å². The molecule has 140 valence electrons. The van der Waals surface area contributed by atoms with Crippen molar-refractivity contribution in [1.82, 2.24) is 4.98 Å². The van der Waals surface area contributed by atoms with Crippen molar-refractivity contribution in [3.8, 4) is 0 Å². The van der Waals surface area contributed by atoms with Crippen LogP contribution in [0.3, 0.4) is 0 Å². The molecule has 0 radical (unpaired) electrons. The molecule has 27 heavy (non-hydrogen) atoms. The monoisotopic (exact) mass is 364 g/mol. The normalized spacial score (nSPS) is 10.5. The van der Waals surface area contributed by atoms with Crippen LogP contribution in [0.2, 0.25) is 0 Å². The van der Waals surface area contributed by atoms with Crippen LogP contribution in [0.5, 0.6) is 0 Å². The fourth-order valence-electron chi connectivity index (χ4n) is 2.85. The lowest BCUT2D eigenvalue weighted by molar-refractivity contribution is 0.0996. The number of furan rings is 1. The van der Waals surface area contributed by atoms with Crippen molar-refractivity contribution < 1.29 is 9.21 Å². The van der Waals surface area contributed by atoms with Crippen LogP contribution in [-0.2, 0) is 0 Å². The number of rotatable bonds is 7. The molecule has 0 aliphatic carbocycles. The van der Waals surface area contributed by atoms with E-state index in [-0.39, 0.29) is 11.7 Å². The summed E-state index contributed by atoms with van der Waals surface area (Å²) in [4.78, 5) is 18.7. The zero-order valence-corrected chi connectivity index (χ0v) is 15.8. The van der Waals surface area contributed by atoms with Gasteiger partial charge in [0.05, 0.1) is 18.1 Å². The van der Waals surface area contributed by atoms with Crippen molar-refractivity contribution in [3.63, 3.8) is 0 Å². The van der Waals surface area contributed by atoms with Gasteiger partial charge >= 0.3 is 0 Å². The van der Waals surface area contributed by atoms with Gasteiger partial charge in [-0.25, -0.2) is 4.98 Å². The molecule has 2 heterocycles. The Bertz CT molecular complexity index is 885. The predicted molar refractivity (Wildman–Crippen MR) is 109 cm³/mol. The molecule has 0 spiro atoms. The van der Waals surface area contributed by atoms with E-state index in [1.165, 1.54) is 12.0 Å². The van der Waals surface area contributed by atoms with Gasteiger partial charge in [0.25, 0.3) is 5.91 Å². The molecular weight excluding hydrogens is 340 g/mol. The second-order valence-corrected chi connectivity index (χ2v) is 6.16. The van der Waals surface area contributed by atoms with Crippen molar-refractivity contribution in [2.45, 2.75) is 20.8 Å². The molecule has 2 aromatic heterocycles. The molecule has 2 N–H and O–H groups in total. The van der Waals surface area contributed by atoms with Gasteiger partial charge in [-0.2, -0.15) is 0 Å². The number of carbonyl (C=O) groups is 1. The van der Waals surface area contributed by atoms with Gasteiger partial charge < -0.3 is 20.0 Å². The average molecular weight is 364 g/mol. The molecule has 3 rings (SSSR count). The minimum Gasteiger partial charge on any atom is -0.459 e. The number of aromatic nitrogens is 1. The Balaban J connectivity index is 1.67. The van der Waals surface area contributed by atoms with Crippen molar-refractivity contribution in [3.05, 3.63) is 66.2 Å². The van der Waals surface area contributed by atoms with Gasteiger partial charge in [-0.3, -0.25) is 4.79 Å². The summed E-state index contributed by atoms with van der Waals surface area (Å²) in [6.07, 6.45) is 3.08. The van der Waals surface area contributed by atoms with Crippen molar-refractivity contribution >= 4 is 28.8 Å². The van der Waals surface area contributed by atoms with Crippen LogP contribution in [0, 0.1) is 6.92 Å². The van der Waals surface area contributed by atoms with Crippen LogP contribution in [0.4, 0.5) is 22.9 Å². The fraction of sp³-hybridized carbons (Fsp3) is 0.238. The van der Waals surface area contributed by atoms with Gasteiger partial charge in [-0.1, -0.05) is 0 Å². The van der Waals surface area contributed by atoms with E-state index in [1.54, 1.807) is 24.4 Å². The zero-order chi connectivity index (χ0) is 19.2. The molecule has 0 saturated carbocycles. The summed E-state index contributed by atoms with van der Waals surface area (Å²) in [7, 11) is 0. The van der Waals surface area contributed by atoms with Crippen LogP contribution in [-0.4, -0.2) is 24.0 Å². The first-order chi connectivity index (χ1) is 13.1. The number of amides is 1. The highest BCUT2D eigenvalue weighted by Crippen LogP contribution is 2.25. The number of hydrogen-bond donors (Lipinski definition) is 2. The fourth-order valence-corrected chi connectivity index (χ4v) is 2.85. The van der Waals surface area contributed by atoms with Gasteiger partial charge in [0.1, 0.15) is 5.82 Å². The van der Waals surface area contributed by atoms with Gasteiger partial charge in [-0.05, 0) is 68.8 Å². The third-order valence-corrected chi connectivity index (χ3v) is 4.37. The predicted octanol–water partition coefficient (Wildman–Crippen LogP) is 4.83. The third kappa shape index (κ3) is 4.47. The molecule has 0 saturated heterocycles. The van der Waals surface area contributed by atoms with E-state index in [0.29, 0.717) is 11.5 Å². The summed E-state index contributed by atoms with van der Waals surface area (Å²) < 4.78 is 5.08. The van der Waals surface area contributed by atoms with Gasteiger partial charge in [0, 0.05) is 24.5 Å². The molecule has 6 nitrogen and oxygen atoms in total.